The summed E-state index contributed by atoms with van der Waals surface area (Å²) in [4.78, 5) is 3.50. The second-order valence-corrected chi connectivity index (χ2v) is 1.42. The van der Waals surface area contributed by atoms with Gasteiger partial charge in [-0.05, 0) is 13.6 Å². The van der Waals surface area contributed by atoms with E-state index in [9.17, 15) is 0 Å². The number of hydrogen-bond donors (Lipinski definition) is 2. The Morgan fingerprint density at radius 1 is 1.75 bits per heavy atom. The molecule has 3 N–H and O–H groups in total. The first kappa shape index (κ1) is 7.01. The van der Waals surface area contributed by atoms with Crippen molar-refractivity contribution in [3.63, 3.8) is 0 Å². The molecule has 0 heterocycles. The lowest BCUT2D eigenvalue weighted by atomic mass is 10.5. The Bertz CT molecular complexity index is 115. The molecule has 0 rings (SSSR count). The second kappa shape index (κ2) is 3.07. The van der Waals surface area contributed by atoms with Crippen LogP contribution in [0.2, 0.25) is 0 Å². The van der Waals surface area contributed by atoms with Gasteiger partial charge in [-0.1, -0.05) is 0 Å². The minimum atomic E-state index is 0.451. The molecule has 0 amide bonds. The monoisotopic (exact) mass is 113 g/mol. The topological polar surface area (TPSA) is 50.4 Å². The summed E-state index contributed by atoms with van der Waals surface area (Å²) < 4.78 is 0. The normalized spacial score (nSPS) is 12.2. The predicted molar refractivity (Wildman–Crippen MR) is 35.5 cm³/mol. The summed E-state index contributed by atoms with van der Waals surface area (Å²) in [6.45, 7) is 5.09. The molecule has 0 aromatic carbocycles. The maximum Gasteiger partial charge on any atom is 0.141 e. The fraction of sp³-hybridized carbons (Fsp3) is 0.400. The molecule has 0 aromatic heterocycles. The van der Waals surface area contributed by atoms with Crippen molar-refractivity contribution in [3.8, 4) is 0 Å². The van der Waals surface area contributed by atoms with Crippen molar-refractivity contribution in [1.29, 1.82) is 0 Å². The lowest BCUT2D eigenvalue weighted by Crippen LogP contribution is -2.09. The Kier molecular flexibility index (Phi) is 2.69. The van der Waals surface area contributed by atoms with E-state index < -0.39 is 0 Å². The zero-order valence-electron chi connectivity index (χ0n) is 5.23. The maximum absolute atomic E-state index is 5.31. The molecule has 3 heteroatoms. The Hall–Kier alpha value is -0.990. The van der Waals surface area contributed by atoms with Gasteiger partial charge in [0.15, 0.2) is 0 Å². The molecule has 0 saturated carbocycles. The van der Waals surface area contributed by atoms with Gasteiger partial charge in [0.2, 0.25) is 0 Å². The highest BCUT2D eigenvalue weighted by molar-refractivity contribution is 5.29. The summed E-state index contributed by atoms with van der Waals surface area (Å²) in [6, 6.07) is 0. The molecule has 0 fully saturated rings. The van der Waals surface area contributed by atoms with E-state index in [1.165, 1.54) is 0 Å². The highest BCUT2D eigenvalue weighted by Crippen LogP contribution is 1.90. The number of allylic oxidation sites excluding steroid dienone is 1. The molecule has 0 atom stereocenters. The third kappa shape index (κ3) is 1.64. The van der Waals surface area contributed by atoms with Crippen molar-refractivity contribution in [2.24, 2.45) is 10.7 Å². The van der Waals surface area contributed by atoms with Gasteiger partial charge >= 0.3 is 0 Å². The fourth-order valence-corrected chi connectivity index (χ4v) is 0.247. The van der Waals surface area contributed by atoms with Crippen LogP contribution in [0, 0.1) is 0 Å². The van der Waals surface area contributed by atoms with E-state index in [0.717, 1.165) is 5.70 Å². The lowest BCUT2D eigenvalue weighted by molar-refractivity contribution is 0.942. The van der Waals surface area contributed by atoms with Crippen molar-refractivity contribution in [1.82, 2.24) is 5.32 Å². The Labute approximate surface area is 49.3 Å². The zero-order chi connectivity index (χ0) is 6.57. The lowest BCUT2D eigenvalue weighted by Gasteiger charge is -1.98. The van der Waals surface area contributed by atoms with Gasteiger partial charge in [-0.15, -0.1) is 0 Å². The summed E-state index contributed by atoms with van der Waals surface area (Å²) >= 11 is 0. The molecule has 0 radical (unpaired) electrons. The van der Waals surface area contributed by atoms with Gasteiger partial charge in [-0.25, -0.2) is 4.99 Å². The quantitative estimate of drug-likeness (QED) is 0.497. The van der Waals surface area contributed by atoms with Crippen LogP contribution < -0.4 is 11.1 Å². The number of aliphatic imine (C=N–C) groups is 1. The molecule has 3 nitrogen and oxygen atoms in total. The van der Waals surface area contributed by atoms with E-state index in [1.54, 1.807) is 7.05 Å². The van der Waals surface area contributed by atoms with Crippen LogP contribution in [0.5, 0.6) is 0 Å². The molecule has 0 aliphatic heterocycles. The SMILES string of the molecule is C=N/C(N)=C(/C)NC. The van der Waals surface area contributed by atoms with Crippen LogP contribution in [0.4, 0.5) is 0 Å². The second-order valence-electron chi connectivity index (χ2n) is 1.42. The van der Waals surface area contributed by atoms with E-state index in [0.29, 0.717) is 5.82 Å². The molecule has 0 spiro atoms. The molecule has 0 aliphatic carbocycles. The van der Waals surface area contributed by atoms with Crippen molar-refractivity contribution < 1.29 is 0 Å². The van der Waals surface area contributed by atoms with Crippen LogP contribution in [0.1, 0.15) is 6.92 Å². The average molecular weight is 113 g/mol. The highest BCUT2D eigenvalue weighted by Gasteiger charge is 1.86. The standard InChI is InChI=1S/C5H11N3/c1-4(7-2)5(6)8-3/h7H,3,6H2,1-2H3/b5-4-. The molecule has 8 heavy (non-hydrogen) atoms. The number of hydrogen-bond acceptors (Lipinski definition) is 3. The molecule has 0 unspecified atom stereocenters. The van der Waals surface area contributed by atoms with Gasteiger partial charge in [-0.3, -0.25) is 0 Å². The van der Waals surface area contributed by atoms with Gasteiger partial charge in [0.25, 0.3) is 0 Å². The molecule has 0 saturated heterocycles. The van der Waals surface area contributed by atoms with Gasteiger partial charge in [0.1, 0.15) is 5.82 Å². The number of nitrogens with zero attached hydrogens (tertiary/aromatic N) is 1. The van der Waals surface area contributed by atoms with Gasteiger partial charge < -0.3 is 11.1 Å². The van der Waals surface area contributed by atoms with Crippen LogP contribution in [0.3, 0.4) is 0 Å². The van der Waals surface area contributed by atoms with Crippen LogP contribution in [-0.2, 0) is 0 Å². The average Bonchev–Trinajstić information content (AvgIpc) is 1.84. The maximum atomic E-state index is 5.31. The summed E-state index contributed by atoms with van der Waals surface area (Å²) in [5, 5.41) is 2.84. The number of nitrogens with one attached hydrogen (secondary N) is 1. The van der Waals surface area contributed by atoms with E-state index in [2.05, 4.69) is 17.0 Å². The molecular formula is C5H11N3. The number of rotatable bonds is 2. The first-order chi connectivity index (χ1) is 3.72. The Balaban J connectivity index is 4.03. The molecule has 0 aliphatic rings. The van der Waals surface area contributed by atoms with Crippen LogP contribution >= 0.6 is 0 Å². The fourth-order valence-electron chi connectivity index (χ4n) is 0.247. The first-order valence-corrected chi connectivity index (χ1v) is 2.33. The van der Waals surface area contributed by atoms with Crippen molar-refractivity contribution in [3.05, 3.63) is 11.5 Å². The highest BCUT2D eigenvalue weighted by atomic mass is 14.9. The third-order valence-electron chi connectivity index (χ3n) is 0.930. The number of nitrogens with two attached hydrogens (primary N) is 1. The smallest absolute Gasteiger partial charge is 0.141 e. The van der Waals surface area contributed by atoms with E-state index >= 15 is 0 Å². The summed E-state index contributed by atoms with van der Waals surface area (Å²) in [7, 11) is 1.79. The van der Waals surface area contributed by atoms with Crippen LogP contribution in [0.25, 0.3) is 0 Å². The van der Waals surface area contributed by atoms with Crippen molar-refractivity contribution in [2.75, 3.05) is 7.05 Å². The van der Waals surface area contributed by atoms with E-state index in [4.69, 9.17) is 5.73 Å². The van der Waals surface area contributed by atoms with Crippen molar-refractivity contribution in [2.45, 2.75) is 6.92 Å². The minimum Gasteiger partial charge on any atom is -0.389 e. The van der Waals surface area contributed by atoms with Gasteiger partial charge in [0.05, 0.1) is 5.70 Å². The molecule has 0 bridgehead atoms. The third-order valence-corrected chi connectivity index (χ3v) is 0.930. The zero-order valence-corrected chi connectivity index (χ0v) is 5.23. The first-order valence-electron chi connectivity index (χ1n) is 2.33. The van der Waals surface area contributed by atoms with E-state index in [1.807, 2.05) is 6.92 Å². The Morgan fingerprint density at radius 3 is 2.38 bits per heavy atom. The predicted octanol–water partition coefficient (Wildman–Crippen LogP) is 0.0541. The molecule has 0 aromatic rings. The summed E-state index contributed by atoms with van der Waals surface area (Å²) in [5.41, 5.74) is 6.16. The van der Waals surface area contributed by atoms with Crippen LogP contribution in [-0.4, -0.2) is 13.8 Å². The molecule has 46 valence electrons. The van der Waals surface area contributed by atoms with E-state index in [-0.39, 0.29) is 0 Å². The molecular weight excluding hydrogens is 102 g/mol. The summed E-state index contributed by atoms with van der Waals surface area (Å²) in [5.74, 6) is 0.451. The minimum absolute atomic E-state index is 0.451. The largest absolute Gasteiger partial charge is 0.389 e. The Morgan fingerprint density at radius 2 is 2.25 bits per heavy atom. The van der Waals surface area contributed by atoms with Gasteiger partial charge in [0, 0.05) is 7.05 Å². The van der Waals surface area contributed by atoms with Crippen LogP contribution in [0.15, 0.2) is 16.5 Å². The van der Waals surface area contributed by atoms with Crippen molar-refractivity contribution >= 4 is 6.72 Å². The van der Waals surface area contributed by atoms with Gasteiger partial charge in [-0.2, -0.15) is 0 Å². The summed E-state index contributed by atoms with van der Waals surface area (Å²) in [6.07, 6.45) is 0.